The molecule has 0 aromatic rings. The summed E-state index contributed by atoms with van der Waals surface area (Å²) in [5.74, 6) is -0.338. The van der Waals surface area contributed by atoms with E-state index in [4.69, 9.17) is 15.0 Å². The number of sulfonamides is 1. The second-order valence-corrected chi connectivity index (χ2v) is 4.37. The van der Waals surface area contributed by atoms with Gasteiger partial charge in [-0.3, -0.25) is 0 Å². The monoisotopic (exact) mass is 235 g/mol. The van der Waals surface area contributed by atoms with E-state index in [0.29, 0.717) is 6.61 Å². The van der Waals surface area contributed by atoms with Crippen molar-refractivity contribution >= 4 is 10.0 Å². The van der Waals surface area contributed by atoms with Crippen molar-refractivity contribution in [1.82, 2.24) is 0 Å². The fraction of sp³-hybridized carbons (Fsp3) is 0.714. The van der Waals surface area contributed by atoms with Gasteiger partial charge in [0.25, 0.3) is 0 Å². The van der Waals surface area contributed by atoms with E-state index < -0.39 is 10.0 Å². The Labute approximate surface area is 88.4 Å². The first-order valence-electron chi connectivity index (χ1n) is 4.15. The summed E-state index contributed by atoms with van der Waals surface area (Å²) in [4.78, 5) is 2.20. The van der Waals surface area contributed by atoms with Gasteiger partial charge in [0.15, 0.2) is 0 Å². The lowest BCUT2D eigenvalue weighted by atomic mass is 10.4. The molecule has 0 bridgehead atoms. The molecule has 7 nitrogen and oxygen atoms in total. The summed E-state index contributed by atoms with van der Waals surface area (Å²) in [6.45, 7) is 5.33. The lowest BCUT2D eigenvalue weighted by Gasteiger charge is -2.11. The average molecular weight is 235 g/mol. The third-order valence-electron chi connectivity index (χ3n) is 1.35. The molecule has 0 heterocycles. The zero-order chi connectivity index (χ0) is 11.7. The summed E-state index contributed by atoms with van der Waals surface area (Å²) >= 11 is 0. The van der Waals surface area contributed by atoms with Crippen LogP contribution in [0.25, 0.3) is 10.4 Å². The van der Waals surface area contributed by atoms with Gasteiger partial charge in [0.1, 0.15) is 6.61 Å². The Balaban J connectivity index is 3.79. The first-order chi connectivity index (χ1) is 7.02. The van der Waals surface area contributed by atoms with Gasteiger partial charge >= 0.3 is 0 Å². The Bertz CT molecular complexity index is 334. The van der Waals surface area contributed by atoms with Gasteiger partial charge in [-0.05, 0) is 12.5 Å². The highest BCUT2D eigenvalue weighted by atomic mass is 32.2. The highest BCUT2D eigenvalue weighted by molar-refractivity contribution is 7.90. The van der Waals surface area contributed by atoms with Crippen LogP contribution in [-0.2, 0) is 19.5 Å². The second-order valence-electron chi connectivity index (χ2n) is 2.64. The lowest BCUT2D eigenvalue weighted by Crippen LogP contribution is -2.19. The van der Waals surface area contributed by atoms with Crippen molar-refractivity contribution in [2.45, 2.75) is 13.0 Å². The number of hydrogen-bond donors (Lipinski definition) is 0. The van der Waals surface area contributed by atoms with Crippen molar-refractivity contribution in [3.05, 3.63) is 23.3 Å². The van der Waals surface area contributed by atoms with E-state index in [0.717, 1.165) is 0 Å². The maximum Gasteiger partial charge on any atom is 0.237 e. The molecule has 0 aliphatic rings. The molecule has 1 unspecified atom stereocenters. The largest absolute Gasteiger partial charge is 0.499 e. The summed E-state index contributed by atoms with van der Waals surface area (Å²) in [6, 6.07) is 0. The van der Waals surface area contributed by atoms with Gasteiger partial charge in [-0.25, -0.2) is 8.42 Å². The van der Waals surface area contributed by atoms with Crippen molar-refractivity contribution in [2.24, 2.45) is 4.52 Å². The quantitative estimate of drug-likeness (QED) is 0.273. The van der Waals surface area contributed by atoms with Gasteiger partial charge < -0.3 is 9.47 Å². The van der Waals surface area contributed by atoms with Crippen molar-refractivity contribution in [3.63, 3.8) is 0 Å². The Hall–Kier alpha value is -1.24. The van der Waals surface area contributed by atoms with Gasteiger partial charge in [-0.1, -0.05) is 6.58 Å². The molecule has 0 fully saturated rings. The summed E-state index contributed by atoms with van der Waals surface area (Å²) in [7, 11) is -3.73. The van der Waals surface area contributed by atoms with Crippen LogP contribution >= 0.6 is 0 Å². The van der Waals surface area contributed by atoms with E-state index in [1.165, 1.54) is 6.26 Å². The van der Waals surface area contributed by atoms with Crippen LogP contribution in [0.5, 0.6) is 0 Å². The molecule has 0 aliphatic carbocycles. The molecule has 0 rings (SSSR count). The minimum atomic E-state index is -3.73. The Morgan fingerprint density at radius 3 is 2.87 bits per heavy atom. The van der Waals surface area contributed by atoms with Crippen LogP contribution in [0.2, 0.25) is 0 Å². The first-order valence-corrected chi connectivity index (χ1v) is 5.76. The summed E-state index contributed by atoms with van der Waals surface area (Å²) < 4.78 is 34.3. The average Bonchev–Trinajstić information content (AvgIpc) is 2.14. The molecule has 0 aromatic carbocycles. The maximum atomic E-state index is 10.9. The summed E-state index contributed by atoms with van der Waals surface area (Å²) in [5, 5.41) is 0. The minimum Gasteiger partial charge on any atom is -0.499 e. The molecule has 0 amide bonds. The number of rotatable bonds is 8. The molecule has 0 saturated heterocycles. The summed E-state index contributed by atoms with van der Waals surface area (Å²) in [6.07, 6.45) is 1.03. The molecule has 0 aliphatic heterocycles. The van der Waals surface area contributed by atoms with Gasteiger partial charge in [-0.15, -0.1) is 0 Å². The smallest absolute Gasteiger partial charge is 0.237 e. The van der Waals surface area contributed by atoms with Crippen LogP contribution in [0.3, 0.4) is 0 Å². The van der Waals surface area contributed by atoms with E-state index >= 15 is 0 Å². The highest BCUT2D eigenvalue weighted by Gasteiger charge is 2.09. The van der Waals surface area contributed by atoms with Crippen molar-refractivity contribution in [1.29, 1.82) is 0 Å². The molecular weight excluding hydrogens is 222 g/mol. The van der Waals surface area contributed by atoms with E-state index in [2.05, 4.69) is 16.0 Å². The Morgan fingerprint density at radius 1 is 1.67 bits per heavy atom. The molecular formula is C7H13N3O4S. The maximum absolute atomic E-state index is 10.9. The highest BCUT2D eigenvalue weighted by Crippen LogP contribution is 1.97. The standard InChI is InChI=1S/C7H13N3O4S/c1-3-13-6-7(2)14-4-5-15(11,12)10-9-8/h3,7H,1,4-6H2,2H3. The fourth-order valence-corrected chi connectivity index (χ4v) is 1.20. The van der Waals surface area contributed by atoms with Crippen molar-refractivity contribution in [3.8, 4) is 0 Å². The number of ether oxygens (including phenoxy) is 2. The topological polar surface area (TPSA) is 101 Å². The van der Waals surface area contributed by atoms with Crippen molar-refractivity contribution < 1.29 is 17.9 Å². The third kappa shape index (κ3) is 7.80. The van der Waals surface area contributed by atoms with Gasteiger partial charge in [0, 0.05) is 9.43 Å². The van der Waals surface area contributed by atoms with Gasteiger partial charge in [0.2, 0.25) is 10.0 Å². The van der Waals surface area contributed by atoms with Crippen LogP contribution < -0.4 is 0 Å². The lowest BCUT2D eigenvalue weighted by molar-refractivity contribution is 0.0280. The van der Waals surface area contributed by atoms with E-state index in [9.17, 15) is 8.42 Å². The third-order valence-corrected chi connectivity index (χ3v) is 2.36. The molecule has 0 radical (unpaired) electrons. The van der Waals surface area contributed by atoms with Crippen LogP contribution in [0, 0.1) is 0 Å². The first kappa shape index (κ1) is 13.8. The van der Waals surface area contributed by atoms with Gasteiger partial charge in [0.05, 0.1) is 24.7 Å². The number of azide groups is 1. The molecule has 86 valence electrons. The van der Waals surface area contributed by atoms with Crippen LogP contribution in [0.1, 0.15) is 6.92 Å². The number of hydrogen-bond acceptors (Lipinski definition) is 4. The Kier molecular flexibility index (Phi) is 6.52. The minimum absolute atomic E-state index is 0.0387. The predicted octanol–water partition coefficient (Wildman–Crippen LogP) is 1.19. The van der Waals surface area contributed by atoms with Crippen LogP contribution in [0.15, 0.2) is 17.4 Å². The molecule has 15 heavy (non-hydrogen) atoms. The predicted molar refractivity (Wildman–Crippen MR) is 54.5 cm³/mol. The van der Waals surface area contributed by atoms with E-state index in [1.54, 1.807) is 6.92 Å². The molecule has 0 spiro atoms. The van der Waals surface area contributed by atoms with E-state index in [1.807, 2.05) is 0 Å². The molecule has 0 saturated carbocycles. The normalized spacial score (nSPS) is 12.6. The second kappa shape index (κ2) is 7.10. The molecule has 0 N–H and O–H groups in total. The molecule has 0 aromatic heterocycles. The van der Waals surface area contributed by atoms with E-state index in [-0.39, 0.29) is 18.5 Å². The zero-order valence-corrected chi connectivity index (χ0v) is 9.18. The van der Waals surface area contributed by atoms with Crippen molar-refractivity contribution in [2.75, 3.05) is 19.0 Å². The zero-order valence-electron chi connectivity index (χ0n) is 8.37. The van der Waals surface area contributed by atoms with Gasteiger partial charge in [-0.2, -0.15) is 0 Å². The molecule has 1 atom stereocenters. The molecule has 8 heteroatoms. The SMILES string of the molecule is C=COCC(C)OCCS(=O)(=O)N=[N+]=[N-]. The van der Waals surface area contributed by atoms with Crippen LogP contribution in [0.4, 0.5) is 0 Å². The summed E-state index contributed by atoms with van der Waals surface area (Å²) in [5.41, 5.74) is 7.93. The van der Waals surface area contributed by atoms with Crippen LogP contribution in [-0.4, -0.2) is 33.5 Å². The Morgan fingerprint density at radius 2 is 2.33 bits per heavy atom. The fourth-order valence-electron chi connectivity index (χ4n) is 0.703. The number of nitrogens with zero attached hydrogens (tertiary/aromatic N) is 3.